The number of nitrogens with one attached hydrogen (secondary N) is 1. The van der Waals surface area contributed by atoms with Crippen molar-refractivity contribution in [3.05, 3.63) is 41.5 Å². The van der Waals surface area contributed by atoms with Crippen molar-refractivity contribution >= 4 is 18.1 Å². The molecule has 5 nitrogen and oxygen atoms in total. The molecule has 2 aromatic rings. The molecule has 3 N–H and O–H groups in total. The van der Waals surface area contributed by atoms with Gasteiger partial charge in [0.15, 0.2) is 5.82 Å². The Balaban J connectivity index is 2.23. The number of rotatable bonds is 3. The number of hydrazine groups is 1. The first kappa shape index (κ1) is 11.3. The normalized spacial score (nSPS) is 11.0. The van der Waals surface area contributed by atoms with Crippen LogP contribution in [0, 0.1) is 5.82 Å². The van der Waals surface area contributed by atoms with Gasteiger partial charge in [0.1, 0.15) is 5.82 Å². The van der Waals surface area contributed by atoms with Gasteiger partial charge in [0.2, 0.25) is 5.95 Å². The van der Waals surface area contributed by atoms with Gasteiger partial charge in [0, 0.05) is 7.05 Å². The maximum atomic E-state index is 12.9. The molecule has 0 atom stereocenters. The van der Waals surface area contributed by atoms with Crippen molar-refractivity contribution in [2.75, 3.05) is 5.43 Å². The van der Waals surface area contributed by atoms with Crippen LogP contribution in [0.5, 0.6) is 0 Å². The van der Waals surface area contributed by atoms with Gasteiger partial charge in [-0.25, -0.2) is 10.2 Å². The van der Waals surface area contributed by atoms with Gasteiger partial charge in [-0.1, -0.05) is 18.2 Å². The molecule has 0 amide bonds. The summed E-state index contributed by atoms with van der Waals surface area (Å²) in [6.45, 7) is 0. The second kappa shape index (κ2) is 4.75. The van der Waals surface area contributed by atoms with Crippen LogP contribution < -0.4 is 11.3 Å². The molecule has 1 aromatic carbocycles. The fourth-order valence-corrected chi connectivity index (χ4v) is 1.39. The quantitative estimate of drug-likeness (QED) is 0.621. The Kier molecular flexibility index (Phi) is 3.15. The molecule has 2 rings (SSSR count). The minimum atomic E-state index is -0.269. The highest BCUT2D eigenvalue weighted by Gasteiger charge is 2.03. The molecular formula is C11H12FN5. The van der Waals surface area contributed by atoms with Gasteiger partial charge >= 0.3 is 0 Å². The molecule has 6 heteroatoms. The SMILES string of the molecule is Cn1c(/C=C/c2cccc(F)c2)nnc1NN. The Bertz CT molecular complexity index is 547. The largest absolute Gasteiger partial charge is 0.296 e. The average Bonchev–Trinajstić information content (AvgIpc) is 2.67. The molecule has 0 fully saturated rings. The Labute approximate surface area is 97.7 Å². The summed E-state index contributed by atoms with van der Waals surface area (Å²) in [7, 11) is 1.78. The Morgan fingerprint density at radius 3 is 2.82 bits per heavy atom. The third-order valence-corrected chi connectivity index (χ3v) is 2.31. The summed E-state index contributed by atoms with van der Waals surface area (Å²) in [5.74, 6) is 6.06. The molecule has 0 radical (unpaired) electrons. The number of hydrogen-bond acceptors (Lipinski definition) is 4. The molecular weight excluding hydrogens is 221 g/mol. The van der Waals surface area contributed by atoms with Crippen LogP contribution in [0.4, 0.5) is 10.3 Å². The predicted octanol–water partition coefficient (Wildman–Crippen LogP) is 1.41. The van der Waals surface area contributed by atoms with E-state index < -0.39 is 0 Å². The molecule has 0 aliphatic rings. The van der Waals surface area contributed by atoms with Gasteiger partial charge in [0.25, 0.3) is 0 Å². The summed E-state index contributed by atoms with van der Waals surface area (Å²) in [6, 6.07) is 6.29. The molecule has 1 aromatic heterocycles. The molecule has 0 unspecified atom stereocenters. The number of nitrogen functional groups attached to an aromatic ring is 1. The Morgan fingerprint density at radius 2 is 2.18 bits per heavy atom. The number of anilines is 1. The Hall–Kier alpha value is -2.21. The molecule has 0 bridgehead atoms. The average molecular weight is 233 g/mol. The maximum absolute atomic E-state index is 12.9. The second-order valence-corrected chi connectivity index (χ2v) is 3.47. The lowest BCUT2D eigenvalue weighted by Crippen LogP contribution is -2.11. The molecule has 88 valence electrons. The first-order valence-electron chi connectivity index (χ1n) is 5.00. The van der Waals surface area contributed by atoms with E-state index >= 15 is 0 Å². The van der Waals surface area contributed by atoms with Crippen LogP contribution in [0.3, 0.4) is 0 Å². The van der Waals surface area contributed by atoms with Gasteiger partial charge < -0.3 is 0 Å². The van der Waals surface area contributed by atoms with E-state index in [1.807, 2.05) is 0 Å². The maximum Gasteiger partial charge on any atom is 0.238 e. The number of nitrogens with two attached hydrogens (primary N) is 1. The van der Waals surface area contributed by atoms with E-state index in [4.69, 9.17) is 5.84 Å². The van der Waals surface area contributed by atoms with Gasteiger partial charge in [-0.3, -0.25) is 9.99 Å². The van der Waals surface area contributed by atoms with Crippen molar-refractivity contribution < 1.29 is 4.39 Å². The van der Waals surface area contributed by atoms with E-state index in [-0.39, 0.29) is 5.82 Å². The lowest BCUT2D eigenvalue weighted by molar-refractivity contribution is 0.627. The standard InChI is InChI=1S/C11H12FN5/c1-17-10(15-16-11(17)14-13)6-5-8-3-2-4-9(12)7-8/h2-7H,13H2,1H3,(H,14,16)/b6-5+. The van der Waals surface area contributed by atoms with Gasteiger partial charge in [-0.2, -0.15) is 0 Å². The van der Waals surface area contributed by atoms with Crippen LogP contribution >= 0.6 is 0 Å². The van der Waals surface area contributed by atoms with Crippen LogP contribution in [0.15, 0.2) is 24.3 Å². The zero-order chi connectivity index (χ0) is 12.3. The molecule has 0 aliphatic heterocycles. The smallest absolute Gasteiger partial charge is 0.238 e. The molecule has 1 heterocycles. The zero-order valence-electron chi connectivity index (χ0n) is 9.26. The van der Waals surface area contributed by atoms with E-state index in [0.29, 0.717) is 11.8 Å². The lowest BCUT2D eigenvalue weighted by atomic mass is 10.2. The van der Waals surface area contributed by atoms with Gasteiger partial charge in [-0.05, 0) is 23.8 Å². The third kappa shape index (κ3) is 2.48. The van der Waals surface area contributed by atoms with Crippen LogP contribution in [0.25, 0.3) is 12.2 Å². The molecule has 0 saturated heterocycles. The van der Waals surface area contributed by atoms with E-state index in [1.54, 1.807) is 35.9 Å². The fraction of sp³-hybridized carbons (Fsp3) is 0.0909. The van der Waals surface area contributed by atoms with E-state index in [9.17, 15) is 4.39 Å². The summed E-state index contributed by atoms with van der Waals surface area (Å²) in [6.07, 6.45) is 3.50. The highest BCUT2D eigenvalue weighted by Crippen LogP contribution is 2.10. The molecule has 0 saturated carbocycles. The van der Waals surface area contributed by atoms with Gasteiger partial charge in [-0.15, -0.1) is 10.2 Å². The number of aromatic nitrogens is 3. The first-order chi connectivity index (χ1) is 8.20. The minimum absolute atomic E-state index is 0.269. The summed E-state index contributed by atoms with van der Waals surface area (Å²) < 4.78 is 14.6. The first-order valence-corrected chi connectivity index (χ1v) is 5.00. The van der Waals surface area contributed by atoms with Crippen molar-refractivity contribution in [1.29, 1.82) is 0 Å². The molecule has 0 spiro atoms. The number of hydrogen-bond donors (Lipinski definition) is 2. The number of nitrogens with zero attached hydrogens (tertiary/aromatic N) is 3. The van der Waals surface area contributed by atoms with Crippen LogP contribution in [-0.2, 0) is 7.05 Å². The third-order valence-electron chi connectivity index (χ3n) is 2.31. The fourth-order valence-electron chi connectivity index (χ4n) is 1.39. The molecule has 0 aliphatic carbocycles. The second-order valence-electron chi connectivity index (χ2n) is 3.47. The van der Waals surface area contributed by atoms with Crippen molar-refractivity contribution in [3.8, 4) is 0 Å². The van der Waals surface area contributed by atoms with Crippen LogP contribution in [0.2, 0.25) is 0 Å². The zero-order valence-corrected chi connectivity index (χ0v) is 9.26. The predicted molar refractivity (Wildman–Crippen MR) is 64.1 cm³/mol. The van der Waals surface area contributed by atoms with Crippen molar-refractivity contribution in [1.82, 2.24) is 14.8 Å². The summed E-state index contributed by atoms with van der Waals surface area (Å²) in [4.78, 5) is 0. The monoisotopic (exact) mass is 233 g/mol. The summed E-state index contributed by atoms with van der Waals surface area (Å²) >= 11 is 0. The van der Waals surface area contributed by atoms with E-state index in [0.717, 1.165) is 5.56 Å². The van der Waals surface area contributed by atoms with Crippen molar-refractivity contribution in [3.63, 3.8) is 0 Å². The topological polar surface area (TPSA) is 68.8 Å². The van der Waals surface area contributed by atoms with Gasteiger partial charge in [0.05, 0.1) is 0 Å². The highest BCUT2D eigenvalue weighted by atomic mass is 19.1. The highest BCUT2D eigenvalue weighted by molar-refractivity contribution is 5.67. The summed E-state index contributed by atoms with van der Waals surface area (Å²) in [5, 5.41) is 7.73. The minimum Gasteiger partial charge on any atom is -0.296 e. The van der Waals surface area contributed by atoms with E-state index in [2.05, 4.69) is 15.6 Å². The van der Waals surface area contributed by atoms with Crippen molar-refractivity contribution in [2.45, 2.75) is 0 Å². The number of benzene rings is 1. The molecule has 17 heavy (non-hydrogen) atoms. The van der Waals surface area contributed by atoms with E-state index in [1.165, 1.54) is 12.1 Å². The van der Waals surface area contributed by atoms with Crippen LogP contribution in [-0.4, -0.2) is 14.8 Å². The van der Waals surface area contributed by atoms with Crippen LogP contribution in [0.1, 0.15) is 11.4 Å². The van der Waals surface area contributed by atoms with Crippen molar-refractivity contribution in [2.24, 2.45) is 12.9 Å². The summed E-state index contributed by atoms with van der Waals surface area (Å²) in [5.41, 5.74) is 3.18. The Morgan fingerprint density at radius 1 is 1.35 bits per heavy atom. The number of halogens is 1. The lowest BCUT2D eigenvalue weighted by Gasteiger charge is -1.98.